The number of halogens is 1. The summed E-state index contributed by atoms with van der Waals surface area (Å²) in [7, 11) is 1.50. The maximum Gasteiger partial charge on any atom is 0.279 e. The lowest BCUT2D eigenvalue weighted by Crippen LogP contribution is -2.26. The maximum absolute atomic E-state index is 12.5. The minimum Gasteiger partial charge on any atom is -0.337 e. The highest BCUT2D eigenvalue weighted by atomic mass is 35.5. The van der Waals surface area contributed by atoms with Crippen LogP contribution in [-0.2, 0) is 6.54 Å². The maximum atomic E-state index is 12.5. The van der Waals surface area contributed by atoms with Crippen molar-refractivity contribution in [3.05, 3.63) is 78.3 Å². The van der Waals surface area contributed by atoms with Gasteiger partial charge >= 0.3 is 0 Å². The summed E-state index contributed by atoms with van der Waals surface area (Å²) in [4.78, 5) is 34.6. The third kappa shape index (κ3) is 4.10. The summed E-state index contributed by atoms with van der Waals surface area (Å²) >= 11 is 5.90. The van der Waals surface area contributed by atoms with Gasteiger partial charge in [0.25, 0.3) is 17.3 Å². The predicted octanol–water partition coefficient (Wildman–Crippen LogP) is 3.74. The molecule has 0 aliphatic heterocycles. The van der Waals surface area contributed by atoms with Crippen molar-refractivity contribution in [2.24, 2.45) is 0 Å². The molecule has 0 spiro atoms. The second-order valence-electron chi connectivity index (χ2n) is 5.44. The van der Waals surface area contributed by atoms with Gasteiger partial charge in [-0.25, -0.2) is 0 Å². The fourth-order valence-corrected chi connectivity index (χ4v) is 2.60. The number of benzene rings is 2. The largest absolute Gasteiger partial charge is 0.337 e. The van der Waals surface area contributed by atoms with Crippen molar-refractivity contribution in [3.63, 3.8) is 0 Å². The quantitative estimate of drug-likeness (QED) is 0.594. The zero-order valence-electron chi connectivity index (χ0n) is 13.4. The molecular formula is C16H14ClN3O5. The Morgan fingerprint density at radius 2 is 1.68 bits per heavy atom. The molecule has 2 aromatic rings. The monoisotopic (exact) mass is 363 g/mol. The molecular weight excluding hydrogens is 350 g/mol. The van der Waals surface area contributed by atoms with Gasteiger partial charge in [0.15, 0.2) is 0 Å². The number of carbonyl (C=O) groups is 1. The average molecular weight is 364 g/mol. The molecule has 0 fully saturated rings. The molecule has 0 radical (unpaired) electrons. The zero-order valence-corrected chi connectivity index (χ0v) is 14.2. The van der Waals surface area contributed by atoms with Gasteiger partial charge in [0.1, 0.15) is 5.56 Å². The van der Waals surface area contributed by atoms with Gasteiger partial charge < -0.3 is 4.90 Å². The van der Waals surface area contributed by atoms with E-state index < -0.39 is 27.1 Å². The molecule has 2 aromatic carbocycles. The van der Waals surface area contributed by atoms with E-state index >= 15 is 0 Å². The van der Waals surface area contributed by atoms with E-state index in [9.17, 15) is 25.0 Å². The fraction of sp³-hybridized carbons (Fsp3) is 0.188. The third-order valence-electron chi connectivity index (χ3n) is 3.65. The van der Waals surface area contributed by atoms with Crippen LogP contribution in [0, 0.1) is 27.2 Å². The Balaban J connectivity index is 2.37. The summed E-state index contributed by atoms with van der Waals surface area (Å²) in [5, 5.41) is 22.7. The lowest BCUT2D eigenvalue weighted by Gasteiger charge is -2.17. The lowest BCUT2D eigenvalue weighted by atomic mass is 10.1. The van der Waals surface area contributed by atoms with Gasteiger partial charge in [0, 0.05) is 30.7 Å². The molecule has 0 aliphatic carbocycles. The van der Waals surface area contributed by atoms with Crippen LogP contribution in [-0.4, -0.2) is 27.7 Å². The predicted molar refractivity (Wildman–Crippen MR) is 91.7 cm³/mol. The number of nitro groups is 2. The van der Waals surface area contributed by atoms with Crippen molar-refractivity contribution in [1.82, 2.24) is 4.90 Å². The third-order valence-corrected chi connectivity index (χ3v) is 3.88. The highest BCUT2D eigenvalue weighted by Crippen LogP contribution is 2.30. The highest BCUT2D eigenvalue weighted by Gasteiger charge is 2.26. The van der Waals surface area contributed by atoms with Crippen molar-refractivity contribution in [2.75, 3.05) is 7.05 Å². The molecule has 0 saturated carbocycles. The second-order valence-corrected chi connectivity index (χ2v) is 5.88. The summed E-state index contributed by atoms with van der Waals surface area (Å²) in [6, 6.07) is 9.00. The Morgan fingerprint density at radius 1 is 1.12 bits per heavy atom. The van der Waals surface area contributed by atoms with Gasteiger partial charge in [-0.05, 0) is 24.6 Å². The summed E-state index contributed by atoms with van der Waals surface area (Å²) in [6.45, 7) is 1.48. The number of nitro benzene ring substituents is 2. The van der Waals surface area contributed by atoms with Crippen LogP contribution < -0.4 is 0 Å². The van der Waals surface area contributed by atoms with Crippen LogP contribution in [0.25, 0.3) is 0 Å². The van der Waals surface area contributed by atoms with Crippen LogP contribution in [0.3, 0.4) is 0 Å². The van der Waals surface area contributed by atoms with E-state index in [0.717, 1.165) is 17.7 Å². The van der Waals surface area contributed by atoms with Crippen LogP contribution in [0.2, 0.25) is 5.02 Å². The molecule has 0 heterocycles. The molecule has 0 bridgehead atoms. The van der Waals surface area contributed by atoms with Crippen molar-refractivity contribution in [2.45, 2.75) is 13.5 Å². The number of amides is 1. The second kappa shape index (κ2) is 7.27. The first-order chi connectivity index (χ1) is 11.7. The van der Waals surface area contributed by atoms with Crippen molar-refractivity contribution in [1.29, 1.82) is 0 Å². The number of carbonyl (C=O) groups excluding carboxylic acids is 1. The Bertz CT molecular complexity index is 834. The van der Waals surface area contributed by atoms with E-state index in [2.05, 4.69) is 0 Å². The van der Waals surface area contributed by atoms with E-state index in [4.69, 9.17) is 11.6 Å². The summed E-state index contributed by atoms with van der Waals surface area (Å²) in [5.41, 5.74) is -0.376. The van der Waals surface area contributed by atoms with Gasteiger partial charge in [-0.2, -0.15) is 0 Å². The first-order valence-electron chi connectivity index (χ1n) is 7.14. The van der Waals surface area contributed by atoms with Gasteiger partial charge in [-0.15, -0.1) is 0 Å². The topological polar surface area (TPSA) is 107 Å². The molecule has 0 aliphatic rings. The SMILES string of the molecule is Cc1c([N+](=O)[O-])cc(C(=O)N(C)Cc2cccc(Cl)c2)cc1[N+](=O)[O-]. The summed E-state index contributed by atoms with van der Waals surface area (Å²) in [6.07, 6.45) is 0. The van der Waals surface area contributed by atoms with Crippen LogP contribution in [0.4, 0.5) is 11.4 Å². The first kappa shape index (κ1) is 18.3. The van der Waals surface area contributed by atoms with Crippen LogP contribution >= 0.6 is 11.6 Å². The fourth-order valence-electron chi connectivity index (χ4n) is 2.39. The van der Waals surface area contributed by atoms with Crippen LogP contribution in [0.1, 0.15) is 21.5 Å². The molecule has 1 amide bonds. The molecule has 9 heteroatoms. The molecule has 0 unspecified atom stereocenters. The molecule has 8 nitrogen and oxygen atoms in total. The smallest absolute Gasteiger partial charge is 0.279 e. The van der Waals surface area contributed by atoms with E-state index in [1.54, 1.807) is 24.3 Å². The number of hydrogen-bond acceptors (Lipinski definition) is 5. The number of nitrogens with zero attached hydrogens (tertiary/aromatic N) is 3. The van der Waals surface area contributed by atoms with Gasteiger partial charge in [0.05, 0.1) is 15.4 Å². The minimum atomic E-state index is -0.740. The normalized spacial score (nSPS) is 10.4. The number of rotatable bonds is 5. The van der Waals surface area contributed by atoms with Crippen LogP contribution in [0.15, 0.2) is 36.4 Å². The van der Waals surface area contributed by atoms with E-state index in [1.165, 1.54) is 18.9 Å². The van der Waals surface area contributed by atoms with Crippen molar-refractivity contribution < 1.29 is 14.6 Å². The van der Waals surface area contributed by atoms with Gasteiger partial charge in [-0.3, -0.25) is 25.0 Å². The lowest BCUT2D eigenvalue weighted by molar-refractivity contribution is -0.395. The highest BCUT2D eigenvalue weighted by molar-refractivity contribution is 6.30. The Hall–Kier alpha value is -3.00. The van der Waals surface area contributed by atoms with Crippen LogP contribution in [0.5, 0.6) is 0 Å². The molecule has 25 heavy (non-hydrogen) atoms. The average Bonchev–Trinajstić information content (AvgIpc) is 2.53. The number of hydrogen-bond donors (Lipinski definition) is 0. The van der Waals surface area contributed by atoms with Gasteiger partial charge in [0.2, 0.25) is 0 Å². The standard InChI is InChI=1S/C16H14ClN3O5/c1-10-14(19(22)23)7-12(8-15(10)20(24)25)16(21)18(2)9-11-4-3-5-13(17)6-11/h3-8H,9H2,1-2H3. The molecule has 130 valence electrons. The Labute approximate surface area is 147 Å². The van der Waals surface area contributed by atoms with Gasteiger partial charge in [-0.1, -0.05) is 23.7 Å². The van der Waals surface area contributed by atoms with E-state index in [0.29, 0.717) is 5.02 Å². The van der Waals surface area contributed by atoms with Crippen molar-refractivity contribution in [3.8, 4) is 0 Å². The Morgan fingerprint density at radius 3 is 2.16 bits per heavy atom. The Kier molecular flexibility index (Phi) is 5.33. The molecule has 0 atom stereocenters. The molecule has 2 rings (SSSR count). The summed E-state index contributed by atoms with van der Waals surface area (Å²) < 4.78 is 0. The first-order valence-corrected chi connectivity index (χ1v) is 7.52. The molecule has 0 N–H and O–H groups in total. The summed E-state index contributed by atoms with van der Waals surface area (Å²) in [5.74, 6) is -0.564. The van der Waals surface area contributed by atoms with Crippen molar-refractivity contribution >= 4 is 28.9 Å². The molecule has 0 saturated heterocycles. The minimum absolute atomic E-state index is 0.0935. The zero-order chi connectivity index (χ0) is 18.7. The molecule has 0 aromatic heterocycles. The van der Waals surface area contributed by atoms with E-state index in [-0.39, 0.29) is 17.7 Å². The van der Waals surface area contributed by atoms with E-state index in [1.807, 2.05) is 0 Å².